The van der Waals surface area contributed by atoms with Crippen LogP contribution in [0.2, 0.25) is 0 Å². The average molecular weight is 271 g/mol. The van der Waals surface area contributed by atoms with Gasteiger partial charge in [0.1, 0.15) is 0 Å². The molecule has 0 unspecified atom stereocenters. The molecular weight excluding hydrogens is 254 g/mol. The second-order valence-corrected chi connectivity index (χ2v) is 4.90. The Bertz CT molecular complexity index is 397. The smallest absolute Gasteiger partial charge is 0.328 e. The van der Waals surface area contributed by atoms with Gasteiger partial charge in [0.25, 0.3) is 0 Å². The van der Waals surface area contributed by atoms with E-state index in [0.717, 1.165) is 15.8 Å². The zero-order valence-electron chi connectivity index (χ0n) is 9.95. The van der Waals surface area contributed by atoms with Crippen molar-refractivity contribution in [1.82, 2.24) is 4.90 Å². The molecule has 0 aliphatic heterocycles. The number of thiophene rings is 1. The number of carboxylic acid groups (broad SMARTS) is 1. The second kappa shape index (κ2) is 7.99. The minimum Gasteiger partial charge on any atom is -0.478 e. The monoisotopic (exact) mass is 271 g/mol. The summed E-state index contributed by atoms with van der Waals surface area (Å²) in [6.45, 7) is 1.78. The zero-order valence-corrected chi connectivity index (χ0v) is 10.8. The van der Waals surface area contributed by atoms with Crippen LogP contribution < -0.4 is 0 Å². The molecule has 0 atom stereocenters. The van der Waals surface area contributed by atoms with Crippen LogP contribution in [0.5, 0.6) is 0 Å². The maximum absolute atomic E-state index is 10.4. The fourth-order valence-corrected chi connectivity index (χ4v) is 2.45. The van der Waals surface area contributed by atoms with E-state index in [4.69, 9.17) is 15.3 Å². The molecule has 0 fully saturated rings. The van der Waals surface area contributed by atoms with Crippen LogP contribution in [0.3, 0.4) is 0 Å². The summed E-state index contributed by atoms with van der Waals surface area (Å²) in [6, 6.07) is 3.78. The van der Waals surface area contributed by atoms with Crippen LogP contribution in [-0.2, 0) is 11.3 Å². The van der Waals surface area contributed by atoms with Crippen molar-refractivity contribution in [2.45, 2.75) is 6.54 Å². The van der Waals surface area contributed by atoms with Gasteiger partial charge in [0.05, 0.1) is 13.2 Å². The number of hydrogen-bond donors (Lipinski definition) is 3. The van der Waals surface area contributed by atoms with Gasteiger partial charge >= 0.3 is 5.97 Å². The lowest BCUT2D eigenvalue weighted by Gasteiger charge is -2.18. The van der Waals surface area contributed by atoms with Crippen molar-refractivity contribution in [3.05, 3.63) is 28.0 Å². The highest BCUT2D eigenvalue weighted by Crippen LogP contribution is 2.19. The average Bonchev–Trinajstić information content (AvgIpc) is 2.75. The Morgan fingerprint density at radius 3 is 2.50 bits per heavy atom. The van der Waals surface area contributed by atoms with E-state index < -0.39 is 5.97 Å². The molecular formula is C12H17NO4S. The lowest BCUT2D eigenvalue weighted by Crippen LogP contribution is -2.28. The van der Waals surface area contributed by atoms with Crippen molar-refractivity contribution in [3.63, 3.8) is 0 Å². The SMILES string of the molecule is O=C(O)C=Cc1ccc(CN(CCO)CCO)s1. The molecule has 0 aliphatic carbocycles. The van der Waals surface area contributed by atoms with Crippen LogP contribution in [0.1, 0.15) is 9.75 Å². The molecule has 100 valence electrons. The largest absolute Gasteiger partial charge is 0.478 e. The molecule has 1 heterocycles. The van der Waals surface area contributed by atoms with E-state index in [1.165, 1.54) is 11.3 Å². The third-order valence-corrected chi connectivity index (χ3v) is 3.32. The standard InChI is InChI=1S/C12H17NO4S/c14-7-5-13(6-8-15)9-11-2-1-10(18-11)3-4-12(16)17/h1-4,14-15H,5-9H2,(H,16,17). The van der Waals surface area contributed by atoms with Crippen molar-refractivity contribution in [1.29, 1.82) is 0 Å². The highest BCUT2D eigenvalue weighted by atomic mass is 32.1. The first-order valence-corrected chi connectivity index (χ1v) is 6.41. The Labute approximate surface area is 110 Å². The first kappa shape index (κ1) is 14.8. The summed E-state index contributed by atoms with van der Waals surface area (Å²) in [7, 11) is 0. The van der Waals surface area contributed by atoms with Gasteiger partial charge in [-0.15, -0.1) is 11.3 Å². The fourth-order valence-electron chi connectivity index (χ4n) is 1.50. The molecule has 0 saturated heterocycles. The molecule has 1 aromatic rings. The highest BCUT2D eigenvalue weighted by molar-refractivity contribution is 7.12. The Morgan fingerprint density at radius 1 is 1.28 bits per heavy atom. The van der Waals surface area contributed by atoms with Gasteiger partial charge in [0, 0.05) is 35.5 Å². The van der Waals surface area contributed by atoms with Crippen LogP contribution in [0, 0.1) is 0 Å². The second-order valence-electron chi connectivity index (χ2n) is 3.70. The van der Waals surface area contributed by atoms with Crippen molar-refractivity contribution < 1.29 is 20.1 Å². The number of aliphatic carboxylic acids is 1. The topological polar surface area (TPSA) is 81.0 Å². The summed E-state index contributed by atoms with van der Waals surface area (Å²) in [6.07, 6.45) is 2.66. The summed E-state index contributed by atoms with van der Waals surface area (Å²) in [5.74, 6) is -0.966. The number of aliphatic hydroxyl groups excluding tert-OH is 2. The highest BCUT2D eigenvalue weighted by Gasteiger charge is 2.06. The summed E-state index contributed by atoms with van der Waals surface area (Å²) >= 11 is 1.50. The molecule has 0 radical (unpaired) electrons. The summed E-state index contributed by atoms with van der Waals surface area (Å²) < 4.78 is 0. The first-order valence-electron chi connectivity index (χ1n) is 5.59. The quantitative estimate of drug-likeness (QED) is 0.604. The van der Waals surface area contributed by atoms with Crippen LogP contribution in [-0.4, -0.2) is 52.5 Å². The van der Waals surface area contributed by atoms with Crippen LogP contribution in [0.4, 0.5) is 0 Å². The third kappa shape index (κ3) is 5.42. The molecule has 0 saturated carbocycles. The maximum Gasteiger partial charge on any atom is 0.328 e. The van der Waals surface area contributed by atoms with E-state index in [9.17, 15) is 4.79 Å². The zero-order chi connectivity index (χ0) is 13.4. The molecule has 0 spiro atoms. The predicted octanol–water partition coefficient (Wildman–Crippen LogP) is 0.632. The third-order valence-electron chi connectivity index (χ3n) is 2.28. The summed E-state index contributed by atoms with van der Waals surface area (Å²) in [5.41, 5.74) is 0. The Hall–Kier alpha value is -1.21. The molecule has 0 bridgehead atoms. The fraction of sp³-hybridized carbons (Fsp3) is 0.417. The van der Waals surface area contributed by atoms with Crippen LogP contribution >= 0.6 is 11.3 Å². The van der Waals surface area contributed by atoms with Gasteiger partial charge in [-0.05, 0) is 18.2 Å². The van der Waals surface area contributed by atoms with Gasteiger partial charge in [0.2, 0.25) is 0 Å². The lowest BCUT2D eigenvalue weighted by molar-refractivity contribution is -0.131. The Morgan fingerprint density at radius 2 is 1.94 bits per heavy atom. The summed E-state index contributed by atoms with van der Waals surface area (Å²) in [4.78, 5) is 14.3. The lowest BCUT2D eigenvalue weighted by atomic mass is 10.3. The molecule has 3 N–H and O–H groups in total. The van der Waals surface area contributed by atoms with Crippen molar-refractivity contribution >= 4 is 23.4 Å². The van der Waals surface area contributed by atoms with Gasteiger partial charge in [-0.3, -0.25) is 4.90 Å². The van der Waals surface area contributed by atoms with E-state index in [0.29, 0.717) is 19.6 Å². The molecule has 0 aromatic carbocycles. The van der Waals surface area contributed by atoms with Gasteiger partial charge < -0.3 is 15.3 Å². The van der Waals surface area contributed by atoms with E-state index in [1.54, 1.807) is 6.08 Å². The number of nitrogens with zero attached hydrogens (tertiary/aromatic N) is 1. The number of hydrogen-bond acceptors (Lipinski definition) is 5. The van der Waals surface area contributed by atoms with Crippen molar-refractivity contribution in [2.75, 3.05) is 26.3 Å². The minimum absolute atomic E-state index is 0.0527. The number of rotatable bonds is 8. The molecule has 0 amide bonds. The molecule has 1 rings (SSSR count). The number of carboxylic acids is 1. The normalized spacial score (nSPS) is 11.5. The predicted molar refractivity (Wildman–Crippen MR) is 70.4 cm³/mol. The van der Waals surface area contributed by atoms with Crippen molar-refractivity contribution in [3.8, 4) is 0 Å². The van der Waals surface area contributed by atoms with Gasteiger partial charge in [-0.25, -0.2) is 4.79 Å². The van der Waals surface area contributed by atoms with Crippen LogP contribution in [0.15, 0.2) is 18.2 Å². The first-order chi connectivity index (χ1) is 8.65. The molecule has 1 aromatic heterocycles. The molecule has 18 heavy (non-hydrogen) atoms. The number of carbonyl (C=O) groups is 1. The number of aliphatic hydroxyl groups is 2. The Kier molecular flexibility index (Phi) is 6.59. The van der Waals surface area contributed by atoms with Gasteiger partial charge in [0.15, 0.2) is 0 Å². The maximum atomic E-state index is 10.4. The molecule has 5 nitrogen and oxygen atoms in total. The summed E-state index contributed by atoms with van der Waals surface area (Å²) in [5, 5.41) is 26.3. The van der Waals surface area contributed by atoms with Gasteiger partial charge in [-0.1, -0.05) is 0 Å². The molecule has 6 heteroatoms. The Balaban J connectivity index is 2.58. The van der Waals surface area contributed by atoms with E-state index in [2.05, 4.69) is 0 Å². The van der Waals surface area contributed by atoms with Gasteiger partial charge in [-0.2, -0.15) is 0 Å². The molecule has 0 aliphatic rings. The van der Waals surface area contributed by atoms with E-state index >= 15 is 0 Å². The van der Waals surface area contributed by atoms with E-state index in [-0.39, 0.29) is 13.2 Å². The van der Waals surface area contributed by atoms with E-state index in [1.807, 2.05) is 17.0 Å². The van der Waals surface area contributed by atoms with Crippen molar-refractivity contribution in [2.24, 2.45) is 0 Å². The van der Waals surface area contributed by atoms with Crippen LogP contribution in [0.25, 0.3) is 6.08 Å². The minimum atomic E-state index is -0.966.